The first kappa shape index (κ1) is 15.8. The van der Waals surface area contributed by atoms with Crippen LogP contribution in [0.15, 0.2) is 36.5 Å². The molecule has 1 aromatic heterocycles. The molecule has 0 aliphatic heterocycles. The van der Waals surface area contributed by atoms with Gasteiger partial charge in [0.2, 0.25) is 0 Å². The summed E-state index contributed by atoms with van der Waals surface area (Å²) in [6, 6.07) is 9.00. The summed E-state index contributed by atoms with van der Waals surface area (Å²) in [6.07, 6.45) is 1.69. The van der Waals surface area contributed by atoms with E-state index in [-0.39, 0.29) is 11.5 Å². The molecular weight excluding hydrogens is 307 g/mol. The van der Waals surface area contributed by atoms with Gasteiger partial charge in [-0.1, -0.05) is 29.3 Å². The van der Waals surface area contributed by atoms with Crippen LogP contribution in [-0.4, -0.2) is 10.9 Å². The van der Waals surface area contributed by atoms with Crippen molar-refractivity contribution in [3.8, 4) is 0 Å². The molecule has 3 nitrogen and oxygen atoms in total. The number of carbonyl (C=O) groups excluding carboxylic acids is 1. The Kier molecular flexibility index (Phi) is 4.55. The van der Waals surface area contributed by atoms with E-state index >= 15 is 0 Å². The van der Waals surface area contributed by atoms with E-state index in [2.05, 4.69) is 10.3 Å². The molecule has 1 heterocycles. The number of rotatable bonds is 3. The summed E-state index contributed by atoms with van der Waals surface area (Å²) in [4.78, 5) is 16.8. The number of carbonyl (C=O) groups is 1. The molecule has 21 heavy (non-hydrogen) atoms. The van der Waals surface area contributed by atoms with Gasteiger partial charge >= 0.3 is 0 Å². The Balaban J connectivity index is 2.30. The van der Waals surface area contributed by atoms with Gasteiger partial charge in [0.1, 0.15) is 0 Å². The fourth-order valence-corrected chi connectivity index (χ4v) is 2.83. The van der Waals surface area contributed by atoms with Crippen LogP contribution in [0.4, 0.5) is 0 Å². The van der Waals surface area contributed by atoms with E-state index in [1.165, 1.54) is 0 Å². The van der Waals surface area contributed by atoms with Crippen molar-refractivity contribution in [1.82, 2.24) is 10.3 Å². The van der Waals surface area contributed by atoms with Crippen molar-refractivity contribution in [1.29, 1.82) is 0 Å². The van der Waals surface area contributed by atoms with Gasteiger partial charge in [0.05, 0.1) is 26.8 Å². The summed E-state index contributed by atoms with van der Waals surface area (Å²) in [5.41, 5.74) is 1.33. The molecule has 2 aromatic rings. The van der Waals surface area contributed by atoms with E-state index < -0.39 is 5.54 Å². The number of aryl methyl sites for hydroxylation is 1. The molecular formula is C16H16Cl2N2O. The second-order valence-corrected chi connectivity index (χ2v) is 6.21. The lowest BCUT2D eigenvalue weighted by molar-refractivity contribution is 0.0910. The summed E-state index contributed by atoms with van der Waals surface area (Å²) >= 11 is 12.3. The highest BCUT2D eigenvalue weighted by Crippen LogP contribution is 2.28. The largest absolute Gasteiger partial charge is 0.341 e. The monoisotopic (exact) mass is 322 g/mol. The smallest absolute Gasteiger partial charge is 0.255 e. The second-order valence-electron chi connectivity index (χ2n) is 5.40. The van der Waals surface area contributed by atoms with Crippen LogP contribution in [0.25, 0.3) is 0 Å². The molecule has 0 bridgehead atoms. The number of amides is 1. The van der Waals surface area contributed by atoms with Crippen molar-refractivity contribution >= 4 is 29.1 Å². The van der Waals surface area contributed by atoms with Crippen LogP contribution >= 0.6 is 23.2 Å². The van der Waals surface area contributed by atoms with Crippen LogP contribution in [0, 0.1) is 6.92 Å². The van der Waals surface area contributed by atoms with Gasteiger partial charge in [-0.3, -0.25) is 9.78 Å². The fraction of sp³-hybridized carbons (Fsp3) is 0.250. The lowest BCUT2D eigenvalue weighted by Gasteiger charge is -2.26. The van der Waals surface area contributed by atoms with Crippen LogP contribution in [0.3, 0.4) is 0 Å². The van der Waals surface area contributed by atoms with Crippen molar-refractivity contribution in [2.24, 2.45) is 0 Å². The molecule has 1 amide bonds. The predicted octanol–water partition coefficient (Wildman–Crippen LogP) is 4.36. The summed E-state index contributed by atoms with van der Waals surface area (Å²) in [5.74, 6) is -0.319. The molecule has 1 N–H and O–H groups in total. The first-order chi connectivity index (χ1) is 9.81. The van der Waals surface area contributed by atoms with E-state index in [9.17, 15) is 4.79 Å². The molecule has 0 saturated heterocycles. The third-order valence-corrected chi connectivity index (χ3v) is 3.74. The zero-order chi connectivity index (χ0) is 15.6. The van der Waals surface area contributed by atoms with Gasteiger partial charge in [0, 0.05) is 6.20 Å². The van der Waals surface area contributed by atoms with Crippen LogP contribution in [-0.2, 0) is 5.54 Å². The Morgan fingerprint density at radius 3 is 2.33 bits per heavy atom. The van der Waals surface area contributed by atoms with Crippen LogP contribution < -0.4 is 5.32 Å². The van der Waals surface area contributed by atoms with Crippen molar-refractivity contribution in [3.63, 3.8) is 0 Å². The average Bonchev–Trinajstić information content (AvgIpc) is 2.37. The molecule has 0 radical (unpaired) electrons. The normalized spacial score (nSPS) is 11.3. The van der Waals surface area contributed by atoms with Crippen LogP contribution in [0.2, 0.25) is 10.0 Å². The lowest BCUT2D eigenvalue weighted by atomic mass is 9.99. The standard InChI is InChI=1S/C16H16Cl2N2O/c1-10-8-11(17)14(12(18)9-10)15(21)20-16(2,3)13-6-4-5-7-19-13/h4-9H,1-3H3,(H,20,21). The summed E-state index contributed by atoms with van der Waals surface area (Å²) in [6.45, 7) is 5.63. The SMILES string of the molecule is Cc1cc(Cl)c(C(=O)NC(C)(C)c2ccccn2)c(Cl)c1. The second kappa shape index (κ2) is 6.04. The quantitative estimate of drug-likeness (QED) is 0.912. The molecule has 0 fully saturated rings. The number of aromatic nitrogens is 1. The maximum atomic E-state index is 12.5. The van der Waals surface area contributed by atoms with E-state index in [4.69, 9.17) is 23.2 Å². The molecule has 110 valence electrons. The zero-order valence-electron chi connectivity index (χ0n) is 12.1. The van der Waals surface area contributed by atoms with Gasteiger partial charge in [-0.15, -0.1) is 0 Å². The molecule has 0 spiro atoms. The third kappa shape index (κ3) is 3.55. The summed E-state index contributed by atoms with van der Waals surface area (Å²) < 4.78 is 0. The molecule has 1 aromatic carbocycles. The molecule has 5 heteroatoms. The van der Waals surface area contributed by atoms with Crippen molar-refractivity contribution in [2.75, 3.05) is 0 Å². The maximum absolute atomic E-state index is 12.5. The van der Waals surface area contributed by atoms with Gasteiger partial charge in [-0.25, -0.2) is 0 Å². The first-order valence-electron chi connectivity index (χ1n) is 6.51. The van der Waals surface area contributed by atoms with Crippen molar-refractivity contribution < 1.29 is 4.79 Å². The first-order valence-corrected chi connectivity index (χ1v) is 7.26. The number of pyridine rings is 1. The van der Waals surface area contributed by atoms with Crippen LogP contribution in [0.1, 0.15) is 35.5 Å². The number of nitrogens with zero attached hydrogens (tertiary/aromatic N) is 1. The van der Waals surface area contributed by atoms with Crippen molar-refractivity contribution in [2.45, 2.75) is 26.3 Å². The number of nitrogens with one attached hydrogen (secondary N) is 1. The van der Waals surface area contributed by atoms with Gasteiger partial charge in [0.25, 0.3) is 5.91 Å². The topological polar surface area (TPSA) is 42.0 Å². The number of benzene rings is 1. The number of hydrogen-bond donors (Lipinski definition) is 1. The zero-order valence-corrected chi connectivity index (χ0v) is 13.6. The Morgan fingerprint density at radius 2 is 1.81 bits per heavy atom. The number of hydrogen-bond acceptors (Lipinski definition) is 2. The minimum Gasteiger partial charge on any atom is -0.341 e. The molecule has 0 unspecified atom stereocenters. The Morgan fingerprint density at radius 1 is 1.19 bits per heavy atom. The highest BCUT2D eigenvalue weighted by atomic mass is 35.5. The Labute approximate surface area is 134 Å². The summed E-state index contributed by atoms with van der Waals surface area (Å²) in [7, 11) is 0. The fourth-order valence-electron chi connectivity index (χ4n) is 2.06. The summed E-state index contributed by atoms with van der Waals surface area (Å²) in [5, 5.41) is 3.60. The highest BCUT2D eigenvalue weighted by Gasteiger charge is 2.26. The van der Waals surface area contributed by atoms with E-state index in [0.29, 0.717) is 10.0 Å². The highest BCUT2D eigenvalue weighted by molar-refractivity contribution is 6.39. The maximum Gasteiger partial charge on any atom is 0.255 e. The minimum atomic E-state index is -0.629. The van der Waals surface area contributed by atoms with E-state index in [0.717, 1.165) is 11.3 Å². The van der Waals surface area contributed by atoms with Gasteiger partial charge in [-0.05, 0) is 50.6 Å². The molecule has 2 rings (SSSR count). The lowest BCUT2D eigenvalue weighted by Crippen LogP contribution is -2.41. The van der Waals surface area contributed by atoms with Gasteiger partial charge in [0.15, 0.2) is 0 Å². The van der Waals surface area contributed by atoms with E-state index in [1.54, 1.807) is 18.3 Å². The molecule has 0 atom stereocenters. The number of halogens is 2. The van der Waals surface area contributed by atoms with Crippen molar-refractivity contribution in [3.05, 3.63) is 63.4 Å². The van der Waals surface area contributed by atoms with Gasteiger partial charge < -0.3 is 5.32 Å². The predicted molar refractivity (Wildman–Crippen MR) is 85.9 cm³/mol. The third-order valence-electron chi connectivity index (χ3n) is 3.14. The molecule has 0 aliphatic rings. The molecule has 0 aliphatic carbocycles. The Bertz CT molecular complexity index is 646. The Hall–Kier alpha value is -1.58. The van der Waals surface area contributed by atoms with Gasteiger partial charge in [-0.2, -0.15) is 0 Å². The minimum absolute atomic E-state index is 0.285. The van der Waals surface area contributed by atoms with Crippen LogP contribution in [0.5, 0.6) is 0 Å². The average molecular weight is 323 g/mol. The van der Waals surface area contributed by atoms with E-state index in [1.807, 2.05) is 39.0 Å². The molecule has 0 saturated carbocycles.